The molecule has 28 nitrogen and oxygen atoms in total. The lowest BCUT2D eigenvalue weighted by Crippen LogP contribution is -2.44. The van der Waals surface area contributed by atoms with Gasteiger partial charge in [-0.25, -0.2) is 23.4 Å². The molecule has 0 bridgehead atoms. The number of carboxylic acids is 2. The number of carbonyl (C=O) groups is 12. The van der Waals surface area contributed by atoms with Gasteiger partial charge in [0.2, 0.25) is 0 Å². The van der Waals surface area contributed by atoms with E-state index in [2.05, 4.69) is 39.0 Å². The van der Waals surface area contributed by atoms with Crippen molar-refractivity contribution in [1.29, 1.82) is 0 Å². The quantitative estimate of drug-likeness (QED) is 0.0827. The lowest BCUT2D eigenvalue weighted by atomic mass is 10.3. The molecule has 10 amide bonds. The summed E-state index contributed by atoms with van der Waals surface area (Å²) in [5.41, 5.74) is 0. The van der Waals surface area contributed by atoms with Crippen LogP contribution in [-0.4, -0.2) is 243 Å². The molecule has 0 aromatic carbocycles. The lowest BCUT2D eigenvalue weighted by Gasteiger charge is -2.41. The number of aliphatic carboxylic acids is 2. The molecule has 0 spiro atoms. The summed E-state index contributed by atoms with van der Waals surface area (Å²) < 4.78 is 43.3. The van der Waals surface area contributed by atoms with Gasteiger partial charge in [-0.15, -0.1) is 0 Å². The number of nitrogens with zero attached hydrogens (tertiary/aromatic N) is 10. The van der Waals surface area contributed by atoms with Crippen LogP contribution < -0.4 is 5.32 Å². The van der Waals surface area contributed by atoms with Gasteiger partial charge in [0.1, 0.15) is 0 Å². The number of rotatable bonds is 26. The Morgan fingerprint density at radius 2 is 0.671 bits per heavy atom. The Balaban J connectivity index is 0.000000572. The zero-order valence-corrected chi connectivity index (χ0v) is 49.9. The molecule has 0 aromatic heterocycles. The van der Waals surface area contributed by atoms with Crippen LogP contribution in [0.4, 0.5) is 0 Å². The second-order valence-corrected chi connectivity index (χ2v) is 30.2. The van der Waals surface area contributed by atoms with E-state index < -0.39 is 78.8 Å². The number of imide groups is 5. The van der Waals surface area contributed by atoms with Crippen LogP contribution in [0.3, 0.4) is 0 Å². The van der Waals surface area contributed by atoms with Crippen LogP contribution in [-0.2, 0) is 71.2 Å². The smallest absolute Gasteiger partial charge is 0.339 e. The predicted octanol–water partition coefficient (Wildman–Crippen LogP) is 2.46. The molecule has 0 unspecified atom stereocenters. The Morgan fingerprint density at radius 1 is 0.443 bits per heavy atom. The van der Waals surface area contributed by atoms with Crippen LogP contribution in [0.15, 0.2) is 60.8 Å². The van der Waals surface area contributed by atoms with E-state index in [1.807, 2.05) is 6.92 Å². The first-order valence-electron chi connectivity index (χ1n) is 23.6. The number of hydrogen-bond acceptors (Lipinski definition) is 16. The summed E-state index contributed by atoms with van der Waals surface area (Å²) >= 11 is 20.0. The van der Waals surface area contributed by atoms with Gasteiger partial charge in [-0.3, -0.25) is 95.7 Å². The molecule has 0 atom stereocenters. The minimum Gasteiger partial charge on any atom is -0.481 e. The Labute approximate surface area is 475 Å². The highest BCUT2D eigenvalue weighted by Crippen LogP contribution is 2.61. The topological polar surface area (TPSA) is 341 Å². The Morgan fingerprint density at radius 3 is 0.886 bits per heavy atom. The first kappa shape index (κ1) is 72.0. The number of hydrogen-bond donors (Lipinski definition) is 3. The van der Waals surface area contributed by atoms with Gasteiger partial charge in [0.15, 0.2) is 0 Å². The second kappa shape index (κ2) is 34.3. The van der Waals surface area contributed by atoms with E-state index in [1.165, 1.54) is 85.9 Å². The van der Waals surface area contributed by atoms with E-state index in [-0.39, 0.29) is 83.6 Å². The molecule has 5 aliphatic rings. The number of nitrogens with one attached hydrogen (secondary N) is 1. The summed E-state index contributed by atoms with van der Waals surface area (Å²) in [5.74, 6) is -5.69. The van der Waals surface area contributed by atoms with Crippen LogP contribution in [0, 0.1) is 0 Å². The largest absolute Gasteiger partial charge is 0.481 e. The molecule has 0 fully saturated rings. The maximum Gasteiger partial charge on any atom is 0.339 e. The number of carboxylic acid groups (broad SMARTS) is 2. The molecule has 0 saturated carbocycles. The first-order chi connectivity index (χ1) is 36.6. The Hall–Kier alpha value is -5.05. The summed E-state index contributed by atoms with van der Waals surface area (Å²) in [4.78, 5) is 141. The van der Waals surface area contributed by atoms with Crippen LogP contribution in [0.2, 0.25) is 0 Å². The number of likely N-dealkylation sites (N-methyl/N-ethyl adjacent to an activating group) is 4. The third-order valence-corrected chi connectivity index (χ3v) is 18.1. The van der Waals surface area contributed by atoms with Crippen molar-refractivity contribution < 1.29 is 81.4 Å². The minimum absolute atomic E-state index is 0.00121. The highest BCUT2D eigenvalue weighted by atomic mass is 36.0. The molecule has 35 heteroatoms. The van der Waals surface area contributed by atoms with Crippen molar-refractivity contribution in [2.75, 3.05) is 114 Å². The summed E-state index contributed by atoms with van der Waals surface area (Å²) in [6.45, 7) is 0.131. The number of halogens is 4. The molecule has 5 aliphatic heterocycles. The number of amides is 10. The molecular weight excluding hydrogens is 1190 g/mol. The van der Waals surface area contributed by atoms with Crippen molar-refractivity contribution in [3.63, 3.8) is 0 Å². The normalized spacial score (nSPS) is 16.1. The highest BCUT2D eigenvalue weighted by Gasteiger charge is 2.39. The maximum absolute atomic E-state index is 14.0. The van der Waals surface area contributed by atoms with Gasteiger partial charge >= 0.3 is 23.9 Å². The van der Waals surface area contributed by atoms with Gasteiger partial charge in [-0.05, 0) is 93.7 Å². The van der Waals surface area contributed by atoms with Gasteiger partial charge in [0, 0.05) is 133 Å². The Bertz CT molecular complexity index is 2410. The summed E-state index contributed by atoms with van der Waals surface area (Å²) in [5, 5.41) is 16.5. The maximum atomic E-state index is 14.0. The van der Waals surface area contributed by atoms with E-state index in [9.17, 15) is 71.2 Å². The van der Waals surface area contributed by atoms with Gasteiger partial charge in [-0.1, -0.05) is 13.3 Å². The average molecular weight is 1250 g/mol. The van der Waals surface area contributed by atoms with Crippen molar-refractivity contribution in [3.05, 3.63) is 60.8 Å². The van der Waals surface area contributed by atoms with E-state index in [0.29, 0.717) is 13.1 Å². The van der Waals surface area contributed by atoms with Gasteiger partial charge < -0.3 is 15.5 Å². The van der Waals surface area contributed by atoms with Crippen molar-refractivity contribution in [3.8, 4) is 0 Å². The van der Waals surface area contributed by atoms with Gasteiger partial charge in [-0.2, -0.15) is 0 Å². The van der Waals surface area contributed by atoms with Crippen molar-refractivity contribution in [2.24, 2.45) is 0 Å². The first-order valence-corrected chi connectivity index (χ1v) is 32.1. The summed E-state index contributed by atoms with van der Waals surface area (Å²) in [6, 6.07) is 0. The predicted molar refractivity (Wildman–Crippen MR) is 292 cm³/mol. The van der Waals surface area contributed by atoms with Crippen molar-refractivity contribution in [1.82, 2.24) is 53.2 Å². The molecule has 0 radical (unpaired) electrons. The SMILES string of the molecule is CCCCN1C(=O)C=CC1=O.CN(CCC(=O)O)P(=O)(N(C)CCN1C(=O)C=CC1=O)N(C)CCN1C(=O)C=CC1=O.CN(CCN1C(=O)C=CC1=O)P(=O)(Cl)N(C)CCN1C(=O)C=CC1=O.CNCCC(=O)O.O=P(Cl)(Cl)Cl. The molecule has 3 N–H and O–H groups in total. The fourth-order valence-electron chi connectivity index (χ4n) is 6.72. The molecule has 0 aliphatic carbocycles. The third kappa shape index (κ3) is 24.3. The highest BCUT2D eigenvalue weighted by molar-refractivity contribution is 8.24. The van der Waals surface area contributed by atoms with Gasteiger partial charge in [0.05, 0.1) is 12.8 Å². The molecular formula is C44H64Cl4N11O17P3. The van der Waals surface area contributed by atoms with E-state index in [4.69, 9.17) is 21.5 Å². The fourth-order valence-corrected chi connectivity index (χ4v) is 11.0. The molecule has 440 valence electrons. The second-order valence-electron chi connectivity index (χ2n) is 16.8. The molecule has 0 saturated heterocycles. The van der Waals surface area contributed by atoms with Crippen LogP contribution in [0.25, 0.3) is 0 Å². The van der Waals surface area contributed by atoms with E-state index in [0.717, 1.165) is 56.7 Å². The zero-order chi connectivity index (χ0) is 60.6. The summed E-state index contributed by atoms with van der Waals surface area (Å²) in [7, 11) is 5.80. The standard InChI is InChI=1S/C18H26N5O7P.C14H18ClN4O5P.C8H11NO2.C4H9NO2.Cl3OP/c1-19(9-8-18(28)29)31(30,20(2)10-12-22-14(24)4-5-15(22)25)21(3)11-13-23-16(26)6-7-17(23)27;1-16(7-9-18-11(20)3-4-12(18)21)25(15,24)17(2)8-10-19-13(22)5-6-14(19)23;1-2-3-6-9-7(10)4-5-8(9)11;1-5-3-2-4(6)7;1-5(2,3)4/h4-7H,8-13H2,1-3H3,(H,28,29);3-6H,7-10H2,1-2H3;4-5H,2-3,6H2,1H3;5H,2-3H2,1H3,(H,6,7);. The monoisotopic (exact) mass is 1250 g/mol. The lowest BCUT2D eigenvalue weighted by molar-refractivity contribution is -0.138. The van der Waals surface area contributed by atoms with Gasteiger partial charge in [0.25, 0.3) is 66.7 Å². The molecule has 0 aromatic rings. The summed E-state index contributed by atoms with van der Waals surface area (Å²) in [6.07, 6.45) is 13.8. The van der Waals surface area contributed by atoms with Crippen LogP contribution >= 0.6 is 64.6 Å². The zero-order valence-electron chi connectivity index (χ0n) is 44.2. The van der Waals surface area contributed by atoms with Crippen LogP contribution in [0.5, 0.6) is 0 Å². The van der Waals surface area contributed by atoms with Crippen molar-refractivity contribution in [2.45, 2.75) is 32.6 Å². The molecule has 5 heterocycles. The van der Waals surface area contributed by atoms with Crippen molar-refractivity contribution >= 4 is 136 Å². The average Bonchev–Trinajstić information content (AvgIpc) is 4.17. The van der Waals surface area contributed by atoms with E-state index >= 15 is 0 Å². The minimum atomic E-state index is -3.54. The third-order valence-electron chi connectivity index (χ3n) is 11.2. The van der Waals surface area contributed by atoms with Crippen LogP contribution in [0.1, 0.15) is 32.6 Å². The molecule has 79 heavy (non-hydrogen) atoms. The number of unbranched alkanes of at least 4 members (excludes halogenated alkanes) is 1. The Kier molecular flexibility index (Phi) is 31.2. The van der Waals surface area contributed by atoms with E-state index in [1.54, 1.807) is 21.1 Å². The molecule has 5 rings (SSSR count). The fraction of sp³-hybridized carbons (Fsp3) is 0.500. The number of carbonyl (C=O) groups excluding carboxylic acids is 10.